The van der Waals surface area contributed by atoms with Crippen molar-refractivity contribution in [2.75, 3.05) is 11.1 Å². The molecule has 0 saturated carbocycles. The third-order valence-corrected chi connectivity index (χ3v) is 3.25. The van der Waals surface area contributed by atoms with Gasteiger partial charge in [0.2, 0.25) is 11.9 Å². The number of rotatable bonds is 5. The van der Waals surface area contributed by atoms with E-state index >= 15 is 0 Å². The standard InChI is InChI=1S/C16H13ClN6O2/c17-12-7-6-10(8-19-12)14(24)25-9-13-21-15(18)23-16(22-13)20-11-4-2-1-3-5-11/h1-8H,9H2,(H3,18,20,21,22,23). The maximum atomic E-state index is 12.0. The summed E-state index contributed by atoms with van der Waals surface area (Å²) >= 11 is 5.68. The summed E-state index contributed by atoms with van der Waals surface area (Å²) in [7, 11) is 0. The number of benzene rings is 1. The number of nitrogens with two attached hydrogens (primary N) is 1. The van der Waals surface area contributed by atoms with E-state index in [1.165, 1.54) is 18.3 Å². The third kappa shape index (κ3) is 4.61. The van der Waals surface area contributed by atoms with E-state index in [2.05, 4.69) is 25.3 Å². The van der Waals surface area contributed by atoms with Crippen LogP contribution in [0.5, 0.6) is 0 Å². The van der Waals surface area contributed by atoms with Crippen molar-refractivity contribution in [2.45, 2.75) is 6.61 Å². The highest BCUT2D eigenvalue weighted by atomic mass is 35.5. The first-order chi connectivity index (χ1) is 12.1. The zero-order valence-electron chi connectivity index (χ0n) is 12.9. The van der Waals surface area contributed by atoms with Crippen molar-refractivity contribution in [3.63, 3.8) is 0 Å². The van der Waals surface area contributed by atoms with Gasteiger partial charge in [0.25, 0.3) is 0 Å². The first-order valence-corrected chi connectivity index (χ1v) is 7.59. The Morgan fingerprint density at radius 1 is 1.12 bits per heavy atom. The van der Waals surface area contributed by atoms with Crippen LogP contribution >= 0.6 is 11.6 Å². The fourth-order valence-corrected chi connectivity index (χ4v) is 2.03. The lowest BCUT2D eigenvalue weighted by Gasteiger charge is -2.08. The van der Waals surface area contributed by atoms with Crippen LogP contribution in [0.2, 0.25) is 5.15 Å². The molecular weight excluding hydrogens is 344 g/mol. The number of halogens is 1. The topological polar surface area (TPSA) is 116 Å². The lowest BCUT2D eigenvalue weighted by Crippen LogP contribution is -2.11. The fourth-order valence-electron chi connectivity index (χ4n) is 1.92. The van der Waals surface area contributed by atoms with Crippen molar-refractivity contribution in [2.24, 2.45) is 0 Å². The molecule has 0 bridgehead atoms. The van der Waals surface area contributed by atoms with Crippen LogP contribution in [-0.2, 0) is 11.3 Å². The van der Waals surface area contributed by atoms with E-state index < -0.39 is 5.97 Å². The summed E-state index contributed by atoms with van der Waals surface area (Å²) in [5.74, 6) is -0.0625. The molecule has 3 aromatic rings. The number of nitrogens with one attached hydrogen (secondary N) is 1. The Balaban J connectivity index is 1.68. The van der Waals surface area contributed by atoms with Crippen molar-refractivity contribution in [3.05, 3.63) is 65.2 Å². The summed E-state index contributed by atoms with van der Waals surface area (Å²) < 4.78 is 5.16. The van der Waals surface area contributed by atoms with Gasteiger partial charge < -0.3 is 15.8 Å². The molecule has 0 spiro atoms. The highest BCUT2D eigenvalue weighted by molar-refractivity contribution is 6.29. The molecule has 126 valence electrons. The number of para-hydroxylation sites is 1. The molecule has 0 saturated heterocycles. The molecule has 0 unspecified atom stereocenters. The quantitative estimate of drug-likeness (QED) is 0.529. The Kier molecular flexibility index (Phi) is 5.00. The van der Waals surface area contributed by atoms with E-state index in [1.54, 1.807) is 0 Å². The minimum Gasteiger partial charge on any atom is -0.454 e. The second kappa shape index (κ2) is 7.54. The maximum Gasteiger partial charge on any atom is 0.340 e. The van der Waals surface area contributed by atoms with Crippen LogP contribution in [0.1, 0.15) is 16.2 Å². The summed E-state index contributed by atoms with van der Waals surface area (Å²) in [5.41, 5.74) is 6.75. The first kappa shape index (κ1) is 16.6. The number of hydrogen-bond acceptors (Lipinski definition) is 8. The van der Waals surface area contributed by atoms with Gasteiger partial charge in [0.15, 0.2) is 12.4 Å². The average Bonchev–Trinajstić information content (AvgIpc) is 2.61. The van der Waals surface area contributed by atoms with E-state index in [0.29, 0.717) is 5.15 Å². The number of pyridine rings is 1. The molecule has 2 heterocycles. The number of esters is 1. The normalized spacial score (nSPS) is 10.3. The van der Waals surface area contributed by atoms with Crippen molar-refractivity contribution in [1.29, 1.82) is 0 Å². The largest absolute Gasteiger partial charge is 0.454 e. The van der Waals surface area contributed by atoms with E-state index in [0.717, 1.165) is 5.69 Å². The maximum absolute atomic E-state index is 12.0. The Morgan fingerprint density at radius 3 is 2.64 bits per heavy atom. The zero-order valence-corrected chi connectivity index (χ0v) is 13.6. The zero-order chi connectivity index (χ0) is 17.6. The number of hydrogen-bond donors (Lipinski definition) is 2. The van der Waals surface area contributed by atoms with E-state index in [9.17, 15) is 4.79 Å². The molecule has 0 aliphatic carbocycles. The molecule has 0 radical (unpaired) electrons. The SMILES string of the molecule is Nc1nc(COC(=O)c2ccc(Cl)nc2)nc(Nc2ccccc2)n1. The van der Waals surface area contributed by atoms with Gasteiger partial charge in [0.05, 0.1) is 5.56 Å². The van der Waals surface area contributed by atoms with Gasteiger partial charge in [0.1, 0.15) is 5.15 Å². The molecule has 0 amide bonds. The number of ether oxygens (including phenoxy) is 1. The van der Waals surface area contributed by atoms with Crippen molar-refractivity contribution >= 4 is 35.2 Å². The van der Waals surface area contributed by atoms with Gasteiger partial charge in [-0.05, 0) is 24.3 Å². The molecule has 0 fully saturated rings. The molecular formula is C16H13ClN6O2. The molecule has 3 N–H and O–H groups in total. The summed E-state index contributed by atoms with van der Waals surface area (Å²) in [6.45, 7) is -0.155. The highest BCUT2D eigenvalue weighted by Crippen LogP contribution is 2.13. The fraction of sp³-hybridized carbons (Fsp3) is 0.0625. The number of nitrogen functional groups attached to an aromatic ring is 1. The molecule has 0 aliphatic heterocycles. The van der Waals surface area contributed by atoms with Crippen LogP contribution in [0.25, 0.3) is 0 Å². The molecule has 8 nitrogen and oxygen atoms in total. The second-order valence-corrected chi connectivity index (χ2v) is 5.26. The van der Waals surface area contributed by atoms with Crippen LogP contribution < -0.4 is 11.1 Å². The Labute approximate surface area is 148 Å². The minimum atomic E-state index is -0.569. The smallest absolute Gasteiger partial charge is 0.340 e. The molecule has 0 aliphatic rings. The summed E-state index contributed by atoms with van der Waals surface area (Å²) in [6.07, 6.45) is 1.33. The van der Waals surface area contributed by atoms with Crippen LogP contribution in [0.4, 0.5) is 17.6 Å². The van der Waals surface area contributed by atoms with E-state index in [1.807, 2.05) is 30.3 Å². The number of carbonyl (C=O) groups excluding carboxylic acids is 1. The lowest BCUT2D eigenvalue weighted by atomic mass is 10.3. The monoisotopic (exact) mass is 356 g/mol. The van der Waals surface area contributed by atoms with E-state index in [4.69, 9.17) is 22.1 Å². The number of carbonyl (C=O) groups is 1. The second-order valence-electron chi connectivity index (χ2n) is 4.87. The van der Waals surface area contributed by atoms with Crippen LogP contribution in [-0.4, -0.2) is 25.9 Å². The third-order valence-electron chi connectivity index (χ3n) is 3.02. The molecule has 2 aromatic heterocycles. The Morgan fingerprint density at radius 2 is 1.92 bits per heavy atom. The van der Waals surface area contributed by atoms with Gasteiger partial charge in [-0.15, -0.1) is 0 Å². The van der Waals surface area contributed by atoms with Gasteiger partial charge in [-0.1, -0.05) is 29.8 Å². The predicted molar refractivity (Wildman–Crippen MR) is 92.3 cm³/mol. The number of nitrogens with zero attached hydrogens (tertiary/aromatic N) is 4. The van der Waals surface area contributed by atoms with Gasteiger partial charge in [-0.2, -0.15) is 15.0 Å². The van der Waals surface area contributed by atoms with Crippen molar-refractivity contribution in [3.8, 4) is 0 Å². The highest BCUT2D eigenvalue weighted by Gasteiger charge is 2.11. The number of anilines is 3. The van der Waals surface area contributed by atoms with Gasteiger partial charge in [-0.3, -0.25) is 0 Å². The molecule has 0 atom stereocenters. The van der Waals surface area contributed by atoms with Crippen LogP contribution in [0.15, 0.2) is 48.7 Å². The average molecular weight is 357 g/mol. The summed E-state index contributed by atoms with van der Waals surface area (Å²) in [4.78, 5) is 27.9. The molecule has 1 aromatic carbocycles. The van der Waals surface area contributed by atoms with Crippen molar-refractivity contribution in [1.82, 2.24) is 19.9 Å². The summed E-state index contributed by atoms with van der Waals surface area (Å²) in [5, 5.41) is 3.29. The minimum absolute atomic E-state index is 0.0210. The van der Waals surface area contributed by atoms with Crippen LogP contribution in [0, 0.1) is 0 Å². The van der Waals surface area contributed by atoms with Crippen LogP contribution in [0.3, 0.4) is 0 Å². The molecule has 25 heavy (non-hydrogen) atoms. The van der Waals surface area contributed by atoms with Gasteiger partial charge >= 0.3 is 5.97 Å². The predicted octanol–water partition coefficient (Wildman–Crippen LogP) is 2.60. The van der Waals surface area contributed by atoms with Crippen molar-refractivity contribution < 1.29 is 9.53 Å². The number of aromatic nitrogens is 4. The van der Waals surface area contributed by atoms with Gasteiger partial charge in [0, 0.05) is 11.9 Å². The molecule has 9 heteroatoms. The Bertz CT molecular complexity index is 874. The Hall–Kier alpha value is -3.26. The first-order valence-electron chi connectivity index (χ1n) is 7.21. The van der Waals surface area contributed by atoms with Gasteiger partial charge in [-0.25, -0.2) is 9.78 Å². The molecule has 3 rings (SSSR count). The van der Waals surface area contributed by atoms with E-state index in [-0.39, 0.29) is 29.9 Å². The lowest BCUT2D eigenvalue weighted by molar-refractivity contribution is 0.0461. The summed E-state index contributed by atoms with van der Waals surface area (Å²) in [6, 6.07) is 12.4.